The third-order valence-electron chi connectivity index (χ3n) is 10.0. The standard InChI is InChI=1S/C27H28ClF2NO6S.C23H20ClF2NO6S/c1-27(2,3)37-26(32)16-36-25-9-6-17(10-22(25)18-11-19(29)13-20(12-18)35-5)15-31(4)38(33,34)21-7-8-24(30)23(28)14-21;1-27(34(30,31)18-4-5-21(26)20(24)11-18)12-14-3-6-22(33-13-23(28)29)19(7-14)15-8-16(25)10-17(9-15)32-2/h6-14H,15-16H2,1-5H3;3-11H,12-13H2,1-2H3,(H,28,29). The molecular formula is C50H48Cl2F4N2O12S2. The van der Waals surface area contributed by atoms with Crippen LogP contribution >= 0.6 is 23.2 Å². The van der Waals surface area contributed by atoms with E-state index in [1.54, 1.807) is 57.2 Å². The number of carboxylic acids is 1. The summed E-state index contributed by atoms with van der Waals surface area (Å²) in [5, 5.41) is 8.33. The highest BCUT2D eigenvalue weighted by Gasteiger charge is 2.25. The molecular weight excluding hydrogens is 1030 g/mol. The molecule has 0 atom stereocenters. The van der Waals surface area contributed by atoms with Crippen LogP contribution in [0.15, 0.2) is 119 Å². The fraction of sp³-hybridized carbons (Fsp3) is 0.240. The number of carboxylic acid groups (broad SMARTS) is 1. The van der Waals surface area contributed by atoms with Gasteiger partial charge < -0.3 is 28.8 Å². The number of sulfonamides is 2. The molecule has 1 N–H and O–H groups in total. The van der Waals surface area contributed by atoms with E-state index < -0.39 is 74.1 Å². The van der Waals surface area contributed by atoms with Crippen LogP contribution in [0.4, 0.5) is 17.6 Å². The molecule has 0 heterocycles. The lowest BCUT2D eigenvalue weighted by molar-refractivity contribution is -0.157. The predicted octanol–water partition coefficient (Wildman–Crippen LogP) is 10.4. The van der Waals surface area contributed by atoms with Crippen molar-refractivity contribution in [2.24, 2.45) is 0 Å². The Morgan fingerprint density at radius 3 is 1.35 bits per heavy atom. The topological polar surface area (TPSA) is 175 Å². The summed E-state index contributed by atoms with van der Waals surface area (Å²) < 4.78 is 136. The average molecular weight is 1080 g/mol. The van der Waals surface area contributed by atoms with Crippen molar-refractivity contribution in [3.8, 4) is 45.3 Å². The average Bonchev–Trinajstić information content (AvgIpc) is 3.31. The van der Waals surface area contributed by atoms with Crippen molar-refractivity contribution < 1.29 is 72.8 Å². The zero-order valence-corrected chi connectivity index (χ0v) is 42.8. The largest absolute Gasteiger partial charge is 0.497 e. The first-order valence-corrected chi connectivity index (χ1v) is 24.8. The third kappa shape index (κ3) is 15.1. The number of aliphatic carboxylic acids is 1. The van der Waals surface area contributed by atoms with E-state index in [4.69, 9.17) is 52.0 Å². The van der Waals surface area contributed by atoms with Gasteiger partial charge >= 0.3 is 11.9 Å². The molecule has 6 rings (SSSR count). The zero-order chi connectivity index (χ0) is 53.3. The van der Waals surface area contributed by atoms with Gasteiger partial charge in [-0.3, -0.25) is 0 Å². The van der Waals surface area contributed by atoms with Crippen molar-refractivity contribution in [2.45, 2.75) is 49.3 Å². The Morgan fingerprint density at radius 1 is 0.583 bits per heavy atom. The molecule has 0 saturated carbocycles. The van der Waals surface area contributed by atoms with Crippen molar-refractivity contribution >= 4 is 55.2 Å². The van der Waals surface area contributed by atoms with Gasteiger partial charge in [-0.1, -0.05) is 35.3 Å². The van der Waals surface area contributed by atoms with Gasteiger partial charge in [-0.15, -0.1) is 0 Å². The number of halogens is 6. The summed E-state index contributed by atoms with van der Waals surface area (Å²) in [6, 6.07) is 23.7. The number of rotatable bonds is 18. The van der Waals surface area contributed by atoms with Crippen LogP contribution in [0.2, 0.25) is 10.0 Å². The van der Waals surface area contributed by atoms with Gasteiger partial charge in [0.15, 0.2) is 13.2 Å². The molecule has 0 aliphatic carbocycles. The lowest BCUT2D eigenvalue weighted by atomic mass is 10.0. The number of hydrogen-bond acceptors (Lipinski definition) is 11. The van der Waals surface area contributed by atoms with Gasteiger partial charge in [0.05, 0.1) is 34.1 Å². The molecule has 6 aromatic carbocycles. The van der Waals surface area contributed by atoms with Gasteiger partial charge in [-0.25, -0.2) is 44.0 Å². The summed E-state index contributed by atoms with van der Waals surface area (Å²) in [5.41, 5.74) is 1.81. The molecule has 0 aromatic heterocycles. The van der Waals surface area contributed by atoms with E-state index in [2.05, 4.69) is 0 Å². The summed E-state index contributed by atoms with van der Waals surface area (Å²) >= 11 is 11.5. The molecule has 0 bridgehead atoms. The van der Waals surface area contributed by atoms with Crippen molar-refractivity contribution in [3.63, 3.8) is 0 Å². The monoisotopic (exact) mass is 1080 g/mol. The van der Waals surface area contributed by atoms with E-state index in [-0.39, 0.29) is 55.9 Å². The highest BCUT2D eigenvalue weighted by Crippen LogP contribution is 2.37. The minimum absolute atomic E-state index is 0.0802. The number of benzene rings is 6. The van der Waals surface area contributed by atoms with E-state index in [9.17, 15) is 44.0 Å². The Kier molecular flexibility index (Phi) is 18.7. The number of hydrogen-bond donors (Lipinski definition) is 1. The van der Waals surface area contributed by atoms with E-state index in [1.165, 1.54) is 64.7 Å². The summed E-state index contributed by atoms with van der Waals surface area (Å²) in [5.74, 6) is -3.50. The molecule has 0 spiro atoms. The number of carbonyl (C=O) groups excluding carboxylic acids is 1. The number of methoxy groups -OCH3 is 2. The summed E-state index contributed by atoms with van der Waals surface area (Å²) in [4.78, 5) is 22.8. The zero-order valence-electron chi connectivity index (χ0n) is 39.6. The summed E-state index contributed by atoms with van der Waals surface area (Å²) in [6.07, 6.45) is 0. The molecule has 0 aliphatic heterocycles. The smallest absolute Gasteiger partial charge is 0.344 e. The Hall–Kier alpha value is -6.42. The Morgan fingerprint density at radius 2 is 0.986 bits per heavy atom. The van der Waals surface area contributed by atoms with Gasteiger partial charge in [-0.2, -0.15) is 8.61 Å². The minimum Gasteiger partial charge on any atom is -0.497 e. The maximum atomic E-state index is 14.3. The SMILES string of the molecule is COc1cc(F)cc(-c2cc(CN(C)S(=O)(=O)c3ccc(F)c(Cl)c3)ccc2OCC(=O)O)c1.COc1cc(F)cc(-c2cc(CN(C)S(=O)(=O)c3ccc(F)c(Cl)c3)ccc2OCC(=O)OC(C)(C)C)c1. The van der Waals surface area contributed by atoms with Crippen molar-refractivity contribution in [3.05, 3.63) is 154 Å². The third-order valence-corrected chi connectivity index (χ3v) is 14.2. The van der Waals surface area contributed by atoms with E-state index in [0.29, 0.717) is 33.4 Å². The fourth-order valence-electron chi connectivity index (χ4n) is 6.69. The lowest BCUT2D eigenvalue weighted by Crippen LogP contribution is -2.27. The highest BCUT2D eigenvalue weighted by molar-refractivity contribution is 7.89. The molecule has 72 heavy (non-hydrogen) atoms. The fourth-order valence-corrected chi connectivity index (χ4v) is 9.55. The lowest BCUT2D eigenvalue weighted by Gasteiger charge is -2.21. The van der Waals surface area contributed by atoms with Crippen molar-refractivity contribution in [1.82, 2.24) is 8.61 Å². The number of nitrogens with zero attached hydrogens (tertiary/aromatic N) is 2. The van der Waals surface area contributed by atoms with Crippen LogP contribution in [0.5, 0.6) is 23.0 Å². The van der Waals surface area contributed by atoms with E-state index >= 15 is 0 Å². The number of carbonyl (C=O) groups is 2. The predicted molar refractivity (Wildman–Crippen MR) is 261 cm³/mol. The quantitative estimate of drug-likeness (QED) is 0.0638. The molecule has 0 unspecified atom stereocenters. The van der Waals surface area contributed by atoms with E-state index in [1.807, 2.05) is 0 Å². The van der Waals surface area contributed by atoms with Crippen LogP contribution in [-0.4, -0.2) is 89.6 Å². The van der Waals surface area contributed by atoms with Crippen LogP contribution in [0.3, 0.4) is 0 Å². The summed E-state index contributed by atoms with van der Waals surface area (Å²) in [6.45, 7) is 3.99. The van der Waals surface area contributed by atoms with E-state index in [0.717, 1.165) is 45.0 Å². The van der Waals surface area contributed by atoms with Crippen LogP contribution in [0, 0.1) is 23.3 Å². The maximum absolute atomic E-state index is 14.3. The first-order chi connectivity index (χ1) is 33.7. The first kappa shape index (κ1) is 56.5. The molecule has 0 fully saturated rings. The van der Waals surface area contributed by atoms with Gasteiger partial charge in [0.1, 0.15) is 51.9 Å². The first-order valence-electron chi connectivity index (χ1n) is 21.2. The molecule has 22 heteroatoms. The normalized spacial score (nSPS) is 11.7. The van der Waals surface area contributed by atoms with Gasteiger partial charge in [0, 0.05) is 50.4 Å². The van der Waals surface area contributed by atoms with Crippen molar-refractivity contribution in [1.29, 1.82) is 0 Å². The van der Waals surface area contributed by atoms with Crippen LogP contribution in [-0.2, 0) is 47.5 Å². The van der Waals surface area contributed by atoms with Crippen LogP contribution < -0.4 is 18.9 Å². The second-order valence-corrected chi connectivity index (χ2v) is 21.6. The molecule has 0 aliphatic rings. The maximum Gasteiger partial charge on any atom is 0.344 e. The second-order valence-electron chi connectivity index (χ2n) is 16.7. The molecule has 384 valence electrons. The number of esters is 1. The van der Waals surface area contributed by atoms with Crippen molar-refractivity contribution in [2.75, 3.05) is 41.5 Å². The second kappa shape index (κ2) is 23.9. The Bertz CT molecular complexity index is 3200. The van der Waals surface area contributed by atoms with Crippen LogP contribution in [0.25, 0.3) is 22.3 Å². The van der Waals surface area contributed by atoms with Gasteiger partial charge in [0.2, 0.25) is 20.0 Å². The Balaban J connectivity index is 0.000000269. The molecule has 0 saturated heterocycles. The summed E-state index contributed by atoms with van der Waals surface area (Å²) in [7, 11) is -2.54. The molecule has 0 amide bonds. The highest BCUT2D eigenvalue weighted by atomic mass is 35.5. The number of ether oxygens (including phenoxy) is 5. The molecule has 6 aromatic rings. The van der Waals surface area contributed by atoms with Crippen LogP contribution in [0.1, 0.15) is 31.9 Å². The van der Waals surface area contributed by atoms with Gasteiger partial charge in [0.25, 0.3) is 0 Å². The molecule has 0 radical (unpaired) electrons. The Labute approximate surface area is 424 Å². The minimum atomic E-state index is -4.01. The molecule has 14 nitrogen and oxygen atoms in total. The van der Waals surface area contributed by atoms with Gasteiger partial charge in [-0.05, 0) is 128 Å².